The topological polar surface area (TPSA) is 41.1 Å². The monoisotopic (exact) mass is 539 g/mol. The molecule has 0 spiro atoms. The van der Waals surface area contributed by atoms with E-state index in [4.69, 9.17) is 5.41 Å². The van der Waals surface area contributed by atoms with Crippen LogP contribution in [0, 0.1) is 5.41 Å². The highest BCUT2D eigenvalue weighted by Gasteiger charge is 2.14. The zero-order valence-electron chi connectivity index (χ0n) is 23.3. The summed E-state index contributed by atoms with van der Waals surface area (Å²) in [5.41, 5.74) is 10.8. The molecule has 0 fully saturated rings. The van der Waals surface area contributed by atoms with Gasteiger partial charge in [-0.15, -0.1) is 0 Å². The quantitative estimate of drug-likeness (QED) is 0.167. The number of aromatic nitrogens is 1. The van der Waals surface area contributed by atoms with Crippen LogP contribution in [0.2, 0.25) is 0 Å². The molecule has 0 radical (unpaired) electrons. The third-order valence-corrected chi connectivity index (χ3v) is 7.84. The number of benzene rings is 6. The van der Waals surface area contributed by atoms with Crippen LogP contribution < -0.4 is 0 Å². The van der Waals surface area contributed by atoms with Crippen molar-refractivity contribution >= 4 is 33.4 Å². The zero-order valence-corrected chi connectivity index (χ0v) is 23.3. The van der Waals surface area contributed by atoms with Crippen LogP contribution in [0.15, 0.2) is 157 Å². The molecule has 0 amide bonds. The number of nitrogens with one attached hydrogen (secondary N) is 1. The van der Waals surface area contributed by atoms with Gasteiger partial charge >= 0.3 is 0 Å². The molecule has 0 bridgehead atoms. The van der Waals surface area contributed by atoms with E-state index in [2.05, 4.69) is 125 Å². The Bertz CT molecular complexity index is 2100. The molecule has 1 aromatic heterocycles. The fraction of sp³-hybridized carbons (Fsp3) is 0.0256. The lowest BCUT2D eigenvalue weighted by Gasteiger charge is -2.12. The fourth-order valence-electron chi connectivity index (χ4n) is 5.81. The van der Waals surface area contributed by atoms with Crippen molar-refractivity contribution in [3.8, 4) is 27.9 Å². The Labute approximate surface area is 245 Å². The lowest BCUT2D eigenvalue weighted by Crippen LogP contribution is -2.03. The SMILES string of the molecule is CC(=NC(=N)c1ccccc1)c1ccccc1-c1cccc(-c2ccc3c(c2)c2ccccc2n3-c2ccccc2)c1. The van der Waals surface area contributed by atoms with Crippen molar-refractivity contribution in [2.24, 2.45) is 4.99 Å². The second kappa shape index (κ2) is 10.8. The van der Waals surface area contributed by atoms with E-state index in [0.717, 1.165) is 39.2 Å². The molecular formula is C39H29N3. The first-order valence-electron chi connectivity index (χ1n) is 14.2. The first kappa shape index (κ1) is 25.4. The molecule has 200 valence electrons. The summed E-state index contributed by atoms with van der Waals surface area (Å²) >= 11 is 0. The highest BCUT2D eigenvalue weighted by Crippen LogP contribution is 2.36. The van der Waals surface area contributed by atoms with Crippen molar-refractivity contribution in [2.45, 2.75) is 6.92 Å². The van der Waals surface area contributed by atoms with E-state index in [0.29, 0.717) is 0 Å². The van der Waals surface area contributed by atoms with Crippen LogP contribution >= 0.6 is 0 Å². The number of fused-ring (bicyclic) bond motifs is 3. The van der Waals surface area contributed by atoms with Gasteiger partial charge in [-0.1, -0.05) is 115 Å². The summed E-state index contributed by atoms with van der Waals surface area (Å²) < 4.78 is 2.34. The molecule has 42 heavy (non-hydrogen) atoms. The predicted octanol–water partition coefficient (Wildman–Crippen LogP) is 9.95. The molecule has 6 aromatic carbocycles. The van der Waals surface area contributed by atoms with Gasteiger partial charge in [-0.3, -0.25) is 5.41 Å². The summed E-state index contributed by atoms with van der Waals surface area (Å²) in [6.45, 7) is 1.98. The molecule has 0 atom stereocenters. The lowest BCUT2D eigenvalue weighted by atomic mass is 9.94. The maximum Gasteiger partial charge on any atom is 0.152 e. The summed E-state index contributed by atoms with van der Waals surface area (Å²) in [5.74, 6) is 0.264. The summed E-state index contributed by atoms with van der Waals surface area (Å²) in [6.07, 6.45) is 0. The lowest BCUT2D eigenvalue weighted by molar-refractivity contribution is 1.18. The Hall–Kier alpha value is -5.54. The van der Waals surface area contributed by atoms with E-state index in [-0.39, 0.29) is 5.84 Å². The van der Waals surface area contributed by atoms with E-state index in [1.54, 1.807) is 0 Å². The number of amidine groups is 1. The number of hydrogen-bond acceptors (Lipinski definition) is 1. The van der Waals surface area contributed by atoms with Crippen LogP contribution in [0.5, 0.6) is 0 Å². The largest absolute Gasteiger partial charge is 0.309 e. The van der Waals surface area contributed by atoms with Gasteiger partial charge in [-0.25, -0.2) is 4.99 Å². The highest BCUT2D eigenvalue weighted by atomic mass is 15.0. The summed E-state index contributed by atoms with van der Waals surface area (Å²) in [7, 11) is 0. The normalized spacial score (nSPS) is 11.7. The third kappa shape index (κ3) is 4.61. The van der Waals surface area contributed by atoms with Gasteiger partial charge in [0.05, 0.1) is 11.0 Å². The smallest absolute Gasteiger partial charge is 0.152 e. The molecule has 3 heteroatoms. The number of hydrogen-bond donors (Lipinski definition) is 1. The van der Waals surface area contributed by atoms with E-state index >= 15 is 0 Å². The van der Waals surface area contributed by atoms with Gasteiger partial charge in [0.1, 0.15) is 0 Å². The average Bonchev–Trinajstić information content (AvgIpc) is 3.39. The van der Waals surface area contributed by atoms with Crippen LogP contribution in [0.4, 0.5) is 0 Å². The van der Waals surface area contributed by atoms with Gasteiger partial charge in [-0.05, 0) is 65.6 Å². The zero-order chi connectivity index (χ0) is 28.5. The van der Waals surface area contributed by atoms with E-state index < -0.39 is 0 Å². The van der Waals surface area contributed by atoms with Crippen molar-refractivity contribution in [1.82, 2.24) is 4.57 Å². The van der Waals surface area contributed by atoms with Crippen LogP contribution in [0.1, 0.15) is 18.1 Å². The molecule has 0 unspecified atom stereocenters. The Morgan fingerprint density at radius 3 is 2.02 bits per heavy atom. The maximum atomic E-state index is 8.52. The van der Waals surface area contributed by atoms with Crippen molar-refractivity contribution in [1.29, 1.82) is 5.41 Å². The van der Waals surface area contributed by atoms with Gasteiger partial charge in [-0.2, -0.15) is 0 Å². The van der Waals surface area contributed by atoms with E-state index in [9.17, 15) is 0 Å². The Morgan fingerprint density at radius 1 is 0.548 bits per heavy atom. The standard InChI is InChI=1S/C39H29N3/c1-27(41-39(40)28-13-4-2-5-14-28)33-19-8-9-20-34(33)31-16-12-15-29(25-31)30-23-24-38-36(26-30)35-21-10-11-22-37(35)42(38)32-17-6-3-7-18-32/h2-26,40H,1H3. The second-order valence-electron chi connectivity index (χ2n) is 10.5. The number of rotatable bonds is 5. The molecule has 1 heterocycles. The van der Waals surface area contributed by atoms with Gasteiger partial charge in [0.25, 0.3) is 0 Å². The van der Waals surface area contributed by atoms with E-state index in [1.807, 2.05) is 43.3 Å². The summed E-state index contributed by atoms with van der Waals surface area (Å²) in [5, 5.41) is 11.0. The van der Waals surface area contributed by atoms with Gasteiger partial charge in [0.2, 0.25) is 0 Å². The van der Waals surface area contributed by atoms with Crippen LogP contribution in [0.25, 0.3) is 49.7 Å². The van der Waals surface area contributed by atoms with Crippen molar-refractivity contribution in [3.63, 3.8) is 0 Å². The molecule has 0 aliphatic rings. The molecule has 7 aromatic rings. The molecular weight excluding hydrogens is 510 g/mol. The molecule has 0 aliphatic heterocycles. The molecule has 0 saturated heterocycles. The minimum Gasteiger partial charge on any atom is -0.309 e. The van der Waals surface area contributed by atoms with Crippen molar-refractivity contribution in [2.75, 3.05) is 0 Å². The summed E-state index contributed by atoms with van der Waals surface area (Å²) in [6, 6.07) is 52.6. The van der Waals surface area contributed by atoms with Gasteiger partial charge in [0.15, 0.2) is 5.84 Å². The van der Waals surface area contributed by atoms with Crippen LogP contribution in [-0.2, 0) is 0 Å². The first-order valence-corrected chi connectivity index (χ1v) is 14.2. The maximum absolute atomic E-state index is 8.52. The molecule has 1 N–H and O–H groups in total. The minimum atomic E-state index is 0.264. The molecule has 0 saturated carbocycles. The van der Waals surface area contributed by atoms with Crippen molar-refractivity contribution in [3.05, 3.63) is 163 Å². The molecule has 7 rings (SSSR count). The number of para-hydroxylation sites is 2. The Balaban J connectivity index is 1.30. The highest BCUT2D eigenvalue weighted by molar-refractivity contribution is 6.13. The van der Waals surface area contributed by atoms with Gasteiger partial charge < -0.3 is 4.57 Å². The fourth-order valence-corrected chi connectivity index (χ4v) is 5.81. The number of aliphatic imine (C=N–C) groups is 1. The van der Waals surface area contributed by atoms with Crippen molar-refractivity contribution < 1.29 is 0 Å². The Morgan fingerprint density at radius 2 is 1.19 bits per heavy atom. The molecule has 0 aliphatic carbocycles. The average molecular weight is 540 g/mol. The Kier molecular flexibility index (Phi) is 6.54. The van der Waals surface area contributed by atoms with E-state index in [1.165, 1.54) is 27.4 Å². The first-order chi connectivity index (χ1) is 20.7. The second-order valence-corrected chi connectivity index (χ2v) is 10.5. The third-order valence-electron chi connectivity index (χ3n) is 7.84. The summed E-state index contributed by atoms with van der Waals surface area (Å²) in [4.78, 5) is 4.67. The number of nitrogens with zero attached hydrogens (tertiary/aromatic N) is 2. The minimum absolute atomic E-state index is 0.264. The molecule has 3 nitrogen and oxygen atoms in total. The van der Waals surface area contributed by atoms with Crippen LogP contribution in [-0.4, -0.2) is 16.1 Å². The van der Waals surface area contributed by atoms with Crippen LogP contribution in [0.3, 0.4) is 0 Å². The van der Waals surface area contributed by atoms with Gasteiger partial charge in [0, 0.05) is 33.3 Å². The predicted molar refractivity (Wildman–Crippen MR) is 177 cm³/mol.